The molecule has 2 aromatic carbocycles. The molecule has 1 amide bonds. The first-order chi connectivity index (χ1) is 12.9. The molecule has 0 unspecified atom stereocenters. The van der Waals surface area contributed by atoms with E-state index in [4.69, 9.17) is 0 Å². The van der Waals surface area contributed by atoms with E-state index in [0.717, 1.165) is 23.5 Å². The standard InChI is InChI=1S/C19H18F3N3OS.ClH/c1-24(2)10-5-11-25(18(26)16-12(20)6-3-7-13(16)21)19-23-17-14(22)8-4-9-15(17)27-19;/h3-4,6-9H,5,10-11H2,1-2H3;1H. The second-order valence-electron chi connectivity index (χ2n) is 6.29. The summed E-state index contributed by atoms with van der Waals surface area (Å²) in [6.45, 7) is 0.870. The first-order valence-electron chi connectivity index (χ1n) is 8.34. The van der Waals surface area contributed by atoms with Gasteiger partial charge in [0, 0.05) is 6.54 Å². The third kappa shape index (κ3) is 4.63. The van der Waals surface area contributed by atoms with E-state index in [1.807, 2.05) is 19.0 Å². The number of para-hydroxylation sites is 1. The van der Waals surface area contributed by atoms with Crippen molar-refractivity contribution in [2.75, 3.05) is 32.1 Å². The Labute approximate surface area is 171 Å². The Balaban J connectivity index is 0.00000280. The molecule has 0 saturated heterocycles. The van der Waals surface area contributed by atoms with Gasteiger partial charge in [-0.3, -0.25) is 9.69 Å². The number of fused-ring (bicyclic) bond motifs is 1. The molecule has 1 aromatic heterocycles. The molecule has 0 spiro atoms. The molecule has 28 heavy (non-hydrogen) atoms. The third-order valence-electron chi connectivity index (χ3n) is 4.00. The van der Waals surface area contributed by atoms with Gasteiger partial charge in [0.25, 0.3) is 5.91 Å². The fourth-order valence-electron chi connectivity index (χ4n) is 2.68. The van der Waals surface area contributed by atoms with E-state index in [0.29, 0.717) is 17.7 Å². The number of carbonyl (C=O) groups excluding carboxylic acids is 1. The van der Waals surface area contributed by atoms with Crippen LogP contribution in [0.25, 0.3) is 10.2 Å². The minimum absolute atomic E-state index is 0. The molecule has 0 aliphatic rings. The zero-order valence-electron chi connectivity index (χ0n) is 15.3. The van der Waals surface area contributed by atoms with Crippen LogP contribution in [0, 0.1) is 17.5 Å². The summed E-state index contributed by atoms with van der Waals surface area (Å²) in [5.74, 6) is -3.22. The maximum absolute atomic E-state index is 14.1. The maximum Gasteiger partial charge on any atom is 0.266 e. The number of amides is 1. The number of carbonyl (C=O) groups is 1. The highest BCUT2D eigenvalue weighted by Gasteiger charge is 2.26. The Bertz CT molecular complexity index is 960. The van der Waals surface area contributed by atoms with Gasteiger partial charge >= 0.3 is 0 Å². The van der Waals surface area contributed by atoms with E-state index in [9.17, 15) is 18.0 Å². The summed E-state index contributed by atoms with van der Waals surface area (Å²) in [5.41, 5.74) is -0.501. The molecule has 0 bridgehead atoms. The molecule has 1 heterocycles. The summed E-state index contributed by atoms with van der Waals surface area (Å²) >= 11 is 1.11. The van der Waals surface area contributed by atoms with Crippen molar-refractivity contribution in [1.82, 2.24) is 9.88 Å². The van der Waals surface area contributed by atoms with Crippen molar-refractivity contribution < 1.29 is 18.0 Å². The Hall–Kier alpha value is -2.16. The van der Waals surface area contributed by atoms with Crippen molar-refractivity contribution in [1.29, 1.82) is 0 Å². The molecule has 0 aliphatic carbocycles. The highest BCUT2D eigenvalue weighted by Crippen LogP contribution is 2.31. The number of hydrogen-bond acceptors (Lipinski definition) is 4. The molecular formula is C19H19ClF3N3OS. The van der Waals surface area contributed by atoms with Crippen LogP contribution < -0.4 is 4.90 Å². The van der Waals surface area contributed by atoms with Gasteiger partial charge in [-0.05, 0) is 51.3 Å². The zero-order chi connectivity index (χ0) is 19.6. The maximum atomic E-state index is 14.1. The Morgan fingerprint density at radius 1 is 1.00 bits per heavy atom. The SMILES string of the molecule is CN(C)CCCN(C(=O)c1c(F)cccc1F)c1nc2c(F)cccc2s1.Cl. The van der Waals surface area contributed by atoms with E-state index in [-0.39, 0.29) is 29.6 Å². The molecule has 3 rings (SSSR count). The number of halogens is 4. The lowest BCUT2D eigenvalue weighted by Gasteiger charge is -2.21. The lowest BCUT2D eigenvalue weighted by Crippen LogP contribution is -2.34. The van der Waals surface area contributed by atoms with Gasteiger partial charge in [0.15, 0.2) is 5.13 Å². The Kier molecular flexibility index (Phi) is 7.40. The van der Waals surface area contributed by atoms with Crippen LogP contribution >= 0.6 is 23.7 Å². The molecule has 4 nitrogen and oxygen atoms in total. The summed E-state index contributed by atoms with van der Waals surface area (Å²) in [6.07, 6.45) is 0.563. The van der Waals surface area contributed by atoms with Gasteiger partial charge in [0.2, 0.25) is 0 Å². The highest BCUT2D eigenvalue weighted by molar-refractivity contribution is 7.22. The lowest BCUT2D eigenvalue weighted by molar-refractivity contribution is 0.0978. The average Bonchev–Trinajstić information content (AvgIpc) is 3.03. The molecule has 0 N–H and O–H groups in total. The van der Waals surface area contributed by atoms with Crippen LogP contribution in [0.3, 0.4) is 0 Å². The van der Waals surface area contributed by atoms with Crippen molar-refractivity contribution in [3.63, 3.8) is 0 Å². The van der Waals surface area contributed by atoms with E-state index < -0.39 is 28.9 Å². The number of aromatic nitrogens is 1. The molecule has 150 valence electrons. The van der Waals surface area contributed by atoms with Crippen molar-refractivity contribution >= 4 is 45.0 Å². The minimum Gasteiger partial charge on any atom is -0.309 e. The van der Waals surface area contributed by atoms with E-state index in [2.05, 4.69) is 4.98 Å². The highest BCUT2D eigenvalue weighted by atomic mass is 35.5. The first-order valence-corrected chi connectivity index (χ1v) is 9.16. The van der Waals surface area contributed by atoms with Crippen LogP contribution in [0.4, 0.5) is 18.3 Å². The molecule has 3 aromatic rings. The van der Waals surface area contributed by atoms with Gasteiger partial charge in [-0.15, -0.1) is 12.4 Å². The van der Waals surface area contributed by atoms with Crippen LogP contribution in [0.15, 0.2) is 36.4 Å². The van der Waals surface area contributed by atoms with Gasteiger partial charge in [-0.1, -0.05) is 23.5 Å². The van der Waals surface area contributed by atoms with Crippen molar-refractivity contribution in [2.45, 2.75) is 6.42 Å². The fourth-order valence-corrected chi connectivity index (χ4v) is 3.69. The number of benzene rings is 2. The fraction of sp³-hybridized carbons (Fsp3) is 0.263. The molecule has 9 heteroatoms. The van der Waals surface area contributed by atoms with Gasteiger partial charge in [0.1, 0.15) is 28.5 Å². The molecular weight excluding hydrogens is 411 g/mol. The zero-order valence-corrected chi connectivity index (χ0v) is 16.9. The number of thiazole rings is 1. The normalized spacial score (nSPS) is 10.9. The Morgan fingerprint density at radius 2 is 1.61 bits per heavy atom. The molecule has 0 aliphatic heterocycles. The largest absolute Gasteiger partial charge is 0.309 e. The predicted octanol–water partition coefficient (Wildman–Crippen LogP) is 4.73. The minimum atomic E-state index is -0.940. The second-order valence-corrected chi connectivity index (χ2v) is 7.30. The summed E-state index contributed by atoms with van der Waals surface area (Å²) in [6, 6.07) is 7.78. The predicted molar refractivity (Wildman–Crippen MR) is 108 cm³/mol. The van der Waals surface area contributed by atoms with Gasteiger partial charge in [-0.2, -0.15) is 0 Å². The number of nitrogens with zero attached hydrogens (tertiary/aromatic N) is 3. The van der Waals surface area contributed by atoms with Crippen LogP contribution in [0.5, 0.6) is 0 Å². The summed E-state index contributed by atoms with van der Waals surface area (Å²) < 4.78 is 42.8. The monoisotopic (exact) mass is 429 g/mol. The molecule has 0 atom stereocenters. The van der Waals surface area contributed by atoms with Gasteiger partial charge < -0.3 is 4.90 Å². The number of rotatable bonds is 6. The van der Waals surface area contributed by atoms with Crippen molar-refractivity contribution in [2.24, 2.45) is 0 Å². The molecule has 0 fully saturated rings. The van der Waals surface area contributed by atoms with E-state index >= 15 is 0 Å². The van der Waals surface area contributed by atoms with E-state index in [1.54, 1.807) is 12.1 Å². The number of hydrogen-bond donors (Lipinski definition) is 0. The topological polar surface area (TPSA) is 36.4 Å². The van der Waals surface area contributed by atoms with Gasteiger partial charge in [0.05, 0.1) is 4.70 Å². The molecule has 0 saturated carbocycles. The quantitative estimate of drug-likeness (QED) is 0.568. The van der Waals surface area contributed by atoms with E-state index in [1.165, 1.54) is 17.0 Å². The van der Waals surface area contributed by atoms with Crippen LogP contribution in [-0.4, -0.2) is 43.0 Å². The molecule has 0 radical (unpaired) electrons. The van der Waals surface area contributed by atoms with Gasteiger partial charge in [-0.25, -0.2) is 18.2 Å². The third-order valence-corrected chi connectivity index (χ3v) is 5.04. The summed E-state index contributed by atoms with van der Waals surface area (Å²) in [7, 11) is 3.77. The van der Waals surface area contributed by atoms with Crippen molar-refractivity contribution in [3.05, 3.63) is 59.4 Å². The van der Waals surface area contributed by atoms with Crippen LogP contribution in [-0.2, 0) is 0 Å². The summed E-state index contributed by atoms with van der Waals surface area (Å²) in [4.78, 5) is 20.3. The van der Waals surface area contributed by atoms with Crippen LogP contribution in [0.2, 0.25) is 0 Å². The van der Waals surface area contributed by atoms with Crippen LogP contribution in [0.1, 0.15) is 16.8 Å². The second kappa shape index (κ2) is 9.36. The lowest BCUT2D eigenvalue weighted by atomic mass is 10.1. The first kappa shape index (κ1) is 22.1. The summed E-state index contributed by atoms with van der Waals surface area (Å²) in [5, 5.41) is 0.210. The average molecular weight is 430 g/mol. The Morgan fingerprint density at radius 3 is 2.21 bits per heavy atom. The number of anilines is 1. The van der Waals surface area contributed by atoms with Crippen molar-refractivity contribution in [3.8, 4) is 0 Å². The smallest absolute Gasteiger partial charge is 0.266 e.